The Balaban J connectivity index is 1.27. The van der Waals surface area contributed by atoms with Crippen molar-refractivity contribution in [3.05, 3.63) is 42.5 Å². The lowest BCUT2D eigenvalue weighted by molar-refractivity contribution is -0.131. The number of tetrazole rings is 1. The maximum absolute atomic E-state index is 13.8. The van der Waals surface area contributed by atoms with Crippen LogP contribution in [0.4, 0.5) is 4.79 Å². The van der Waals surface area contributed by atoms with Gasteiger partial charge in [-0.25, -0.2) is 13.2 Å². The molecule has 1 aromatic heterocycles. The number of sulfonamides is 1. The van der Waals surface area contributed by atoms with E-state index in [1.807, 2.05) is 42.5 Å². The standard InChI is InChI=1S/C27H34N8O5S/c1-33-14-8-3-2-7-11-19-16-27(19,25(37)31-41(39,40)21-12-13-21)28-24(36)22-15-20(17-34(22)26(33)38)35-30-23(29-32-35)18-9-5-4-6-10-18/h4-7,9-11,19-22H,2-3,8,12-17H2,1H3,(H,28,36)(H,31,37)/b11-7+. The van der Waals surface area contributed by atoms with Crippen LogP contribution < -0.4 is 10.0 Å². The van der Waals surface area contributed by atoms with Gasteiger partial charge in [-0.3, -0.25) is 14.3 Å². The minimum absolute atomic E-state index is 0.185. The number of rotatable bonds is 5. The minimum atomic E-state index is -3.80. The Kier molecular flexibility index (Phi) is 7.04. The molecular weight excluding hydrogens is 548 g/mol. The van der Waals surface area contributed by atoms with Crippen LogP contribution in [0.5, 0.6) is 0 Å². The van der Waals surface area contributed by atoms with E-state index in [0.29, 0.717) is 25.2 Å². The Morgan fingerprint density at radius 3 is 2.68 bits per heavy atom. The lowest BCUT2D eigenvalue weighted by atomic mass is 10.1. The number of aromatic nitrogens is 4. The van der Waals surface area contributed by atoms with Gasteiger partial charge in [0.05, 0.1) is 11.3 Å². The van der Waals surface area contributed by atoms with E-state index in [1.54, 1.807) is 11.9 Å². The molecule has 4 atom stereocenters. The quantitative estimate of drug-likeness (QED) is 0.498. The van der Waals surface area contributed by atoms with Crippen molar-refractivity contribution >= 4 is 27.9 Å². The van der Waals surface area contributed by atoms with Gasteiger partial charge in [0.15, 0.2) is 0 Å². The molecule has 2 saturated carbocycles. The first-order valence-electron chi connectivity index (χ1n) is 14.1. The molecule has 4 unspecified atom stereocenters. The summed E-state index contributed by atoms with van der Waals surface area (Å²) in [4.78, 5) is 45.3. The van der Waals surface area contributed by atoms with E-state index in [-0.39, 0.29) is 31.3 Å². The second-order valence-electron chi connectivity index (χ2n) is 11.4. The Morgan fingerprint density at radius 1 is 1.15 bits per heavy atom. The summed E-state index contributed by atoms with van der Waals surface area (Å²) in [5.74, 6) is -1.13. The van der Waals surface area contributed by atoms with Gasteiger partial charge in [0, 0.05) is 38.0 Å². The number of amides is 4. The summed E-state index contributed by atoms with van der Waals surface area (Å²) in [6.45, 7) is 0.723. The molecule has 4 amide bonds. The molecule has 2 aromatic rings. The van der Waals surface area contributed by atoms with Crippen LogP contribution in [-0.4, -0.2) is 93.2 Å². The van der Waals surface area contributed by atoms with Gasteiger partial charge in [-0.15, -0.1) is 10.2 Å². The van der Waals surface area contributed by atoms with Gasteiger partial charge in [0.25, 0.3) is 5.91 Å². The van der Waals surface area contributed by atoms with Crippen LogP contribution >= 0.6 is 0 Å². The predicted molar refractivity (Wildman–Crippen MR) is 147 cm³/mol. The van der Waals surface area contributed by atoms with Crippen molar-refractivity contribution in [2.75, 3.05) is 20.1 Å². The largest absolute Gasteiger partial charge is 0.339 e. The molecule has 14 heteroatoms. The number of carbonyl (C=O) groups excluding carboxylic acids is 3. The molecule has 1 saturated heterocycles. The van der Waals surface area contributed by atoms with Gasteiger partial charge in [0.1, 0.15) is 11.6 Å². The molecular formula is C27H34N8O5S. The predicted octanol–water partition coefficient (Wildman–Crippen LogP) is 1.23. The zero-order valence-electron chi connectivity index (χ0n) is 22.8. The van der Waals surface area contributed by atoms with Crippen molar-refractivity contribution in [3.8, 4) is 11.4 Å². The van der Waals surface area contributed by atoms with Crippen LogP contribution in [0.1, 0.15) is 51.0 Å². The van der Waals surface area contributed by atoms with Crippen LogP contribution in [0.3, 0.4) is 0 Å². The fourth-order valence-corrected chi connectivity index (χ4v) is 7.04. The number of carbonyl (C=O) groups is 3. The average Bonchev–Trinajstić information content (AvgIpc) is 3.82. The van der Waals surface area contributed by atoms with Crippen LogP contribution in [-0.2, 0) is 19.6 Å². The smallest absolute Gasteiger partial charge is 0.320 e. The number of fused-ring (bicyclic) bond motifs is 2. The highest BCUT2D eigenvalue weighted by molar-refractivity contribution is 7.91. The van der Waals surface area contributed by atoms with Crippen LogP contribution in [0.15, 0.2) is 42.5 Å². The van der Waals surface area contributed by atoms with Crippen molar-refractivity contribution < 1.29 is 22.8 Å². The van der Waals surface area contributed by atoms with Crippen LogP contribution in [0.2, 0.25) is 0 Å². The first kappa shape index (κ1) is 27.4. The van der Waals surface area contributed by atoms with Gasteiger partial charge < -0.3 is 15.1 Å². The van der Waals surface area contributed by atoms with Crippen molar-refractivity contribution in [1.29, 1.82) is 0 Å². The van der Waals surface area contributed by atoms with Crippen molar-refractivity contribution in [2.24, 2.45) is 5.92 Å². The summed E-state index contributed by atoms with van der Waals surface area (Å²) in [5, 5.41) is 15.2. The van der Waals surface area contributed by atoms with Crippen LogP contribution in [0.25, 0.3) is 11.4 Å². The maximum atomic E-state index is 13.8. The average molecular weight is 583 g/mol. The zero-order valence-corrected chi connectivity index (χ0v) is 23.7. The lowest BCUT2D eigenvalue weighted by Crippen LogP contribution is -2.57. The molecule has 13 nitrogen and oxygen atoms in total. The first-order valence-corrected chi connectivity index (χ1v) is 15.6. The highest BCUT2D eigenvalue weighted by Crippen LogP contribution is 2.46. The summed E-state index contributed by atoms with van der Waals surface area (Å²) < 4.78 is 27.4. The van der Waals surface area contributed by atoms with E-state index in [1.165, 1.54) is 9.70 Å². The number of hydrogen-bond acceptors (Lipinski definition) is 8. The molecule has 2 aliphatic carbocycles. The van der Waals surface area contributed by atoms with E-state index >= 15 is 0 Å². The van der Waals surface area contributed by atoms with E-state index < -0.39 is 44.7 Å². The lowest BCUT2D eigenvalue weighted by Gasteiger charge is -2.30. The summed E-state index contributed by atoms with van der Waals surface area (Å²) in [7, 11) is -2.09. The molecule has 2 N–H and O–H groups in total. The monoisotopic (exact) mass is 582 g/mol. The summed E-state index contributed by atoms with van der Waals surface area (Å²) in [6, 6.07) is 7.77. The van der Waals surface area contributed by atoms with Gasteiger partial charge >= 0.3 is 6.03 Å². The third-order valence-electron chi connectivity index (χ3n) is 8.39. The van der Waals surface area contributed by atoms with E-state index in [2.05, 4.69) is 25.4 Å². The molecule has 4 aliphatic rings. The second-order valence-corrected chi connectivity index (χ2v) is 13.4. The molecule has 1 aromatic carbocycles. The number of nitrogens with zero attached hydrogens (tertiary/aromatic N) is 6. The normalized spacial score (nSPS) is 29.6. The first-order chi connectivity index (χ1) is 19.7. The molecule has 3 heterocycles. The third kappa shape index (κ3) is 5.44. The Morgan fingerprint density at radius 2 is 1.93 bits per heavy atom. The van der Waals surface area contributed by atoms with E-state index in [9.17, 15) is 22.8 Å². The fraction of sp³-hybridized carbons (Fsp3) is 0.556. The van der Waals surface area contributed by atoms with Gasteiger partial charge in [-0.2, -0.15) is 4.80 Å². The van der Waals surface area contributed by atoms with Gasteiger partial charge in [-0.1, -0.05) is 42.5 Å². The molecule has 0 spiro atoms. The van der Waals surface area contributed by atoms with Crippen molar-refractivity contribution in [1.82, 2.24) is 40.0 Å². The van der Waals surface area contributed by atoms with E-state index in [4.69, 9.17) is 0 Å². The third-order valence-corrected chi connectivity index (χ3v) is 10.2. The Labute approximate surface area is 238 Å². The summed E-state index contributed by atoms with van der Waals surface area (Å²) in [5.41, 5.74) is -0.587. The topological polar surface area (TPSA) is 159 Å². The highest BCUT2D eigenvalue weighted by atomic mass is 32.2. The van der Waals surface area contributed by atoms with Gasteiger partial charge in [-0.05, 0) is 43.7 Å². The molecule has 41 heavy (non-hydrogen) atoms. The van der Waals surface area contributed by atoms with E-state index in [0.717, 1.165) is 24.8 Å². The molecule has 218 valence electrons. The molecule has 2 aliphatic heterocycles. The van der Waals surface area contributed by atoms with Crippen LogP contribution in [0, 0.1) is 5.92 Å². The zero-order chi connectivity index (χ0) is 28.8. The SMILES string of the molecule is CN1CCCC/C=C/C2CC2(C(=O)NS(=O)(=O)C2CC2)NC(=O)C2CC(n3nnc(-c4ccccc4)n3)CN2C1=O. The Bertz CT molecular complexity index is 1470. The number of benzene rings is 1. The van der Waals surface area contributed by atoms with Gasteiger partial charge in [0.2, 0.25) is 21.8 Å². The number of hydrogen-bond donors (Lipinski definition) is 2. The molecule has 0 bridgehead atoms. The summed E-state index contributed by atoms with van der Waals surface area (Å²) >= 11 is 0. The Hall–Kier alpha value is -3.81. The number of urea groups is 1. The number of allylic oxidation sites excluding steroid dienone is 1. The molecule has 3 fully saturated rings. The van der Waals surface area contributed by atoms with Crippen molar-refractivity contribution in [2.45, 2.75) is 67.8 Å². The fourth-order valence-electron chi connectivity index (χ4n) is 5.68. The highest BCUT2D eigenvalue weighted by Gasteiger charge is 2.62. The maximum Gasteiger partial charge on any atom is 0.320 e. The molecule has 0 radical (unpaired) electrons. The molecule has 6 rings (SSSR count). The number of nitrogens with one attached hydrogen (secondary N) is 2. The minimum Gasteiger partial charge on any atom is -0.339 e. The van der Waals surface area contributed by atoms with Crippen molar-refractivity contribution in [3.63, 3.8) is 0 Å². The summed E-state index contributed by atoms with van der Waals surface area (Å²) in [6.07, 6.45) is 7.77. The second kappa shape index (κ2) is 10.5.